The van der Waals surface area contributed by atoms with E-state index in [4.69, 9.17) is 9.15 Å². The summed E-state index contributed by atoms with van der Waals surface area (Å²) < 4.78 is 10.9. The van der Waals surface area contributed by atoms with Crippen molar-refractivity contribution in [3.63, 3.8) is 0 Å². The van der Waals surface area contributed by atoms with E-state index in [-0.39, 0.29) is 6.04 Å². The summed E-state index contributed by atoms with van der Waals surface area (Å²) in [5.74, 6) is -0.471. The van der Waals surface area contributed by atoms with Crippen LogP contribution in [0.4, 0.5) is 0 Å². The van der Waals surface area contributed by atoms with Gasteiger partial charge >= 0.3 is 11.8 Å². The van der Waals surface area contributed by atoms with Crippen LogP contribution in [0, 0.1) is 0 Å². The van der Waals surface area contributed by atoms with Crippen LogP contribution < -0.4 is 15.5 Å². The second-order valence-corrected chi connectivity index (χ2v) is 6.22. The third-order valence-electron chi connectivity index (χ3n) is 4.48. The SMILES string of the molecule is O=C(NCc1ccccc1)C(=O)NC[C@@H](c1ccco1)[NH+]1CCOCC1. The van der Waals surface area contributed by atoms with Gasteiger partial charge in [0.25, 0.3) is 0 Å². The molecule has 2 heterocycles. The molecule has 1 saturated heterocycles. The number of amides is 2. The summed E-state index contributed by atoms with van der Waals surface area (Å²) in [7, 11) is 0. The summed E-state index contributed by atoms with van der Waals surface area (Å²) in [5, 5.41) is 5.37. The molecule has 26 heavy (non-hydrogen) atoms. The zero-order valence-corrected chi connectivity index (χ0v) is 14.6. The van der Waals surface area contributed by atoms with Gasteiger partial charge in [0.05, 0.1) is 26.0 Å². The maximum atomic E-state index is 12.1. The minimum absolute atomic E-state index is 0.0419. The Labute approximate surface area is 152 Å². The Bertz CT molecular complexity index is 697. The van der Waals surface area contributed by atoms with Crippen molar-refractivity contribution in [2.24, 2.45) is 0 Å². The molecule has 1 aromatic heterocycles. The normalized spacial score (nSPS) is 16.0. The molecule has 1 aliphatic heterocycles. The van der Waals surface area contributed by atoms with Crippen LogP contribution >= 0.6 is 0 Å². The number of carbonyl (C=O) groups excluding carboxylic acids is 2. The lowest BCUT2D eigenvalue weighted by atomic mass is 10.1. The minimum Gasteiger partial charge on any atom is -0.463 e. The third-order valence-corrected chi connectivity index (χ3v) is 4.48. The predicted molar refractivity (Wildman–Crippen MR) is 94.3 cm³/mol. The number of benzene rings is 1. The molecule has 7 nitrogen and oxygen atoms in total. The lowest BCUT2D eigenvalue weighted by molar-refractivity contribution is -0.938. The monoisotopic (exact) mass is 358 g/mol. The van der Waals surface area contributed by atoms with Gasteiger partial charge in [-0.2, -0.15) is 0 Å². The van der Waals surface area contributed by atoms with Crippen molar-refractivity contribution in [1.29, 1.82) is 0 Å². The lowest BCUT2D eigenvalue weighted by Crippen LogP contribution is -3.15. The van der Waals surface area contributed by atoms with Crippen LogP contribution in [0.1, 0.15) is 17.4 Å². The quantitative estimate of drug-likeness (QED) is 0.618. The zero-order valence-electron chi connectivity index (χ0n) is 14.6. The van der Waals surface area contributed by atoms with Gasteiger partial charge in [-0.25, -0.2) is 0 Å². The number of quaternary nitrogens is 1. The van der Waals surface area contributed by atoms with Gasteiger partial charge in [-0.05, 0) is 17.7 Å². The number of carbonyl (C=O) groups is 2. The lowest BCUT2D eigenvalue weighted by Gasteiger charge is -2.30. The first-order valence-electron chi connectivity index (χ1n) is 8.79. The molecule has 138 valence electrons. The smallest absolute Gasteiger partial charge is 0.309 e. The largest absolute Gasteiger partial charge is 0.463 e. The van der Waals surface area contributed by atoms with Crippen molar-refractivity contribution in [3.8, 4) is 0 Å². The maximum absolute atomic E-state index is 12.1. The molecule has 0 spiro atoms. The first-order chi connectivity index (χ1) is 12.7. The molecule has 1 fully saturated rings. The van der Waals surface area contributed by atoms with Gasteiger partial charge in [0.2, 0.25) is 0 Å². The summed E-state index contributed by atoms with van der Waals surface area (Å²) in [5.41, 5.74) is 0.944. The highest BCUT2D eigenvalue weighted by Crippen LogP contribution is 2.10. The van der Waals surface area contributed by atoms with Crippen LogP contribution in [-0.4, -0.2) is 44.7 Å². The number of hydrogen-bond acceptors (Lipinski definition) is 4. The highest BCUT2D eigenvalue weighted by Gasteiger charge is 2.29. The van der Waals surface area contributed by atoms with Crippen molar-refractivity contribution < 1.29 is 23.6 Å². The van der Waals surface area contributed by atoms with E-state index in [1.165, 1.54) is 4.90 Å². The van der Waals surface area contributed by atoms with Crippen LogP contribution in [0.3, 0.4) is 0 Å². The Morgan fingerprint density at radius 1 is 1.00 bits per heavy atom. The van der Waals surface area contributed by atoms with E-state index < -0.39 is 11.8 Å². The van der Waals surface area contributed by atoms with E-state index in [0.717, 1.165) is 24.4 Å². The molecular formula is C19H24N3O4+. The number of furan rings is 1. The number of hydrogen-bond donors (Lipinski definition) is 3. The molecule has 3 rings (SSSR count). The third kappa shape index (κ3) is 4.93. The molecule has 3 N–H and O–H groups in total. The molecule has 2 amide bonds. The van der Waals surface area contributed by atoms with E-state index >= 15 is 0 Å². The van der Waals surface area contributed by atoms with Crippen molar-refractivity contribution in [1.82, 2.24) is 10.6 Å². The second-order valence-electron chi connectivity index (χ2n) is 6.22. The van der Waals surface area contributed by atoms with E-state index in [1.54, 1.807) is 6.26 Å². The Morgan fingerprint density at radius 2 is 1.73 bits per heavy atom. The van der Waals surface area contributed by atoms with Crippen molar-refractivity contribution in [2.75, 3.05) is 32.8 Å². The summed E-state index contributed by atoms with van der Waals surface area (Å²) in [6.07, 6.45) is 1.62. The van der Waals surface area contributed by atoms with E-state index in [2.05, 4.69) is 10.6 Å². The average molecular weight is 358 g/mol. The van der Waals surface area contributed by atoms with Gasteiger partial charge in [-0.3, -0.25) is 9.59 Å². The standard InChI is InChI=1S/C19H23N3O4/c23-18(20-13-15-5-2-1-3-6-15)19(24)21-14-16(17-7-4-10-26-17)22-8-11-25-12-9-22/h1-7,10,16H,8-9,11-14H2,(H,20,23)(H,21,24)/p+1/t16-/m0/s1. The van der Waals surface area contributed by atoms with Crippen LogP contribution in [0.25, 0.3) is 0 Å². The molecule has 0 unspecified atom stereocenters. The fraction of sp³-hybridized carbons (Fsp3) is 0.368. The van der Waals surface area contributed by atoms with Gasteiger partial charge in [-0.1, -0.05) is 30.3 Å². The van der Waals surface area contributed by atoms with E-state index in [1.807, 2.05) is 42.5 Å². The zero-order chi connectivity index (χ0) is 18.2. The average Bonchev–Trinajstić information content (AvgIpc) is 3.22. The minimum atomic E-state index is -0.635. The molecule has 0 bridgehead atoms. The maximum Gasteiger partial charge on any atom is 0.309 e. The Balaban J connectivity index is 1.52. The summed E-state index contributed by atoms with van der Waals surface area (Å²) >= 11 is 0. The topological polar surface area (TPSA) is 85.0 Å². The van der Waals surface area contributed by atoms with Gasteiger partial charge in [0.15, 0.2) is 11.8 Å². The molecule has 1 atom stereocenters. The summed E-state index contributed by atoms with van der Waals surface area (Å²) in [6.45, 7) is 3.68. The van der Waals surface area contributed by atoms with Crippen molar-refractivity contribution in [3.05, 3.63) is 60.1 Å². The van der Waals surface area contributed by atoms with E-state index in [9.17, 15) is 9.59 Å². The van der Waals surface area contributed by atoms with Crippen LogP contribution in [-0.2, 0) is 20.9 Å². The highest BCUT2D eigenvalue weighted by molar-refractivity contribution is 6.35. The first-order valence-corrected chi connectivity index (χ1v) is 8.79. The molecule has 1 aromatic carbocycles. The molecule has 0 radical (unpaired) electrons. The highest BCUT2D eigenvalue weighted by atomic mass is 16.5. The summed E-state index contributed by atoms with van der Waals surface area (Å²) in [4.78, 5) is 25.4. The number of morpholine rings is 1. The molecule has 2 aromatic rings. The van der Waals surface area contributed by atoms with Crippen LogP contribution in [0.2, 0.25) is 0 Å². The first kappa shape index (κ1) is 18.2. The Morgan fingerprint density at radius 3 is 2.42 bits per heavy atom. The van der Waals surface area contributed by atoms with Gasteiger partial charge in [0, 0.05) is 6.54 Å². The molecule has 0 aliphatic carbocycles. The molecule has 1 aliphatic rings. The molecule has 7 heteroatoms. The van der Waals surface area contributed by atoms with Gasteiger partial charge < -0.3 is 24.7 Å². The predicted octanol–water partition coefficient (Wildman–Crippen LogP) is -0.332. The van der Waals surface area contributed by atoms with Crippen LogP contribution in [0.15, 0.2) is 53.1 Å². The number of ether oxygens (including phenoxy) is 1. The number of rotatable bonds is 6. The Kier molecular flexibility index (Phi) is 6.40. The molecular weight excluding hydrogens is 334 g/mol. The van der Waals surface area contributed by atoms with Crippen molar-refractivity contribution in [2.45, 2.75) is 12.6 Å². The van der Waals surface area contributed by atoms with Gasteiger partial charge in [0.1, 0.15) is 13.1 Å². The Hall–Kier alpha value is -2.64. The van der Waals surface area contributed by atoms with Crippen molar-refractivity contribution >= 4 is 11.8 Å². The molecule has 0 saturated carbocycles. The summed E-state index contributed by atoms with van der Waals surface area (Å²) in [6, 6.07) is 13.2. The fourth-order valence-corrected chi connectivity index (χ4v) is 3.05. The fourth-order valence-electron chi connectivity index (χ4n) is 3.05. The van der Waals surface area contributed by atoms with Crippen LogP contribution in [0.5, 0.6) is 0 Å². The second kappa shape index (κ2) is 9.17. The van der Waals surface area contributed by atoms with E-state index in [0.29, 0.717) is 26.3 Å². The van der Waals surface area contributed by atoms with Gasteiger partial charge in [-0.15, -0.1) is 0 Å². The number of nitrogens with one attached hydrogen (secondary N) is 3.